The predicted octanol–water partition coefficient (Wildman–Crippen LogP) is 3.40. The molecule has 0 aromatic heterocycles. The number of hydrogen-bond donors (Lipinski definition) is 0. The second-order valence-electron chi connectivity index (χ2n) is 4.89. The summed E-state index contributed by atoms with van der Waals surface area (Å²) in [5.74, 6) is 0.645. The van der Waals surface area contributed by atoms with E-state index in [1.54, 1.807) is 0 Å². The van der Waals surface area contributed by atoms with Crippen LogP contribution in [0, 0.1) is 5.92 Å². The van der Waals surface area contributed by atoms with Gasteiger partial charge in [-0.15, -0.1) is 0 Å². The number of nitrogens with zero attached hydrogens (tertiary/aromatic N) is 2. The van der Waals surface area contributed by atoms with E-state index in [1.807, 2.05) is 0 Å². The first-order valence-electron chi connectivity index (χ1n) is 6.22. The molecule has 16 heavy (non-hydrogen) atoms. The Bertz CT molecular complexity index is 411. The molecule has 1 aromatic rings. The monoisotopic (exact) mass is 214 g/mol. The molecule has 1 heterocycles. The van der Waals surface area contributed by atoms with Gasteiger partial charge in [-0.1, -0.05) is 25.0 Å². The largest absolute Gasteiger partial charge is 0.369 e. The molecule has 0 radical (unpaired) electrons. The van der Waals surface area contributed by atoms with Gasteiger partial charge >= 0.3 is 0 Å². The molecule has 2 aliphatic rings. The smallest absolute Gasteiger partial charge is 0.0859 e. The molecule has 1 saturated carbocycles. The average Bonchev–Trinajstić information content (AvgIpc) is 2.49. The Morgan fingerprint density at radius 3 is 2.94 bits per heavy atom. The molecular weight excluding hydrogens is 196 g/mol. The first-order valence-corrected chi connectivity index (χ1v) is 6.22. The second-order valence-corrected chi connectivity index (χ2v) is 4.89. The fourth-order valence-electron chi connectivity index (χ4n) is 3.02. The Morgan fingerprint density at radius 1 is 1.19 bits per heavy atom. The number of hydrogen-bond acceptors (Lipinski definition) is 2. The zero-order chi connectivity index (χ0) is 11.0. The van der Waals surface area contributed by atoms with Crippen LogP contribution in [0.1, 0.15) is 25.7 Å². The van der Waals surface area contributed by atoms with Crippen molar-refractivity contribution in [3.63, 3.8) is 0 Å². The Hall–Kier alpha value is -1.31. The lowest BCUT2D eigenvalue weighted by Gasteiger charge is -2.36. The SMILES string of the molecule is CN1c2ccccc2N=CC2CCCCC21. The van der Waals surface area contributed by atoms with E-state index in [4.69, 9.17) is 0 Å². The van der Waals surface area contributed by atoms with E-state index >= 15 is 0 Å². The molecule has 0 amide bonds. The third kappa shape index (κ3) is 1.53. The predicted molar refractivity (Wildman–Crippen MR) is 68.7 cm³/mol. The third-order valence-electron chi connectivity index (χ3n) is 3.95. The highest BCUT2D eigenvalue weighted by atomic mass is 15.2. The Kier molecular flexibility index (Phi) is 2.43. The summed E-state index contributed by atoms with van der Waals surface area (Å²) in [5, 5.41) is 0. The third-order valence-corrected chi connectivity index (χ3v) is 3.95. The summed E-state index contributed by atoms with van der Waals surface area (Å²) in [7, 11) is 2.22. The standard InChI is InChI=1S/C14H18N2/c1-16-13-8-4-2-6-11(13)10-15-12-7-3-5-9-14(12)16/h3,5,7,9-11,13H,2,4,6,8H2,1H3. The van der Waals surface area contributed by atoms with Crippen LogP contribution in [0.5, 0.6) is 0 Å². The molecule has 0 bridgehead atoms. The van der Waals surface area contributed by atoms with Gasteiger partial charge in [0.2, 0.25) is 0 Å². The van der Waals surface area contributed by atoms with Gasteiger partial charge in [-0.05, 0) is 25.0 Å². The number of benzene rings is 1. The highest BCUT2D eigenvalue weighted by Crippen LogP contribution is 2.37. The van der Waals surface area contributed by atoms with Gasteiger partial charge in [0.05, 0.1) is 11.4 Å². The van der Waals surface area contributed by atoms with Crippen LogP contribution in [0.4, 0.5) is 11.4 Å². The molecule has 0 saturated heterocycles. The van der Waals surface area contributed by atoms with Crippen LogP contribution in [0.15, 0.2) is 29.3 Å². The summed E-state index contributed by atoms with van der Waals surface area (Å²) in [6.07, 6.45) is 7.51. The van der Waals surface area contributed by atoms with Gasteiger partial charge in [0.1, 0.15) is 0 Å². The molecule has 1 aromatic carbocycles. The first-order chi connectivity index (χ1) is 7.86. The number of anilines is 1. The van der Waals surface area contributed by atoms with Crippen molar-refractivity contribution in [1.29, 1.82) is 0 Å². The van der Waals surface area contributed by atoms with Crippen LogP contribution in [-0.2, 0) is 0 Å². The van der Waals surface area contributed by atoms with Crippen molar-refractivity contribution in [3.8, 4) is 0 Å². The van der Waals surface area contributed by atoms with E-state index in [0.717, 1.165) is 5.69 Å². The topological polar surface area (TPSA) is 15.6 Å². The normalized spacial score (nSPS) is 28.2. The zero-order valence-electron chi connectivity index (χ0n) is 9.76. The maximum atomic E-state index is 4.65. The van der Waals surface area contributed by atoms with Crippen LogP contribution in [0.25, 0.3) is 0 Å². The zero-order valence-corrected chi connectivity index (χ0v) is 9.76. The quantitative estimate of drug-likeness (QED) is 0.646. The molecule has 2 heteroatoms. The van der Waals surface area contributed by atoms with Crippen molar-refractivity contribution in [2.24, 2.45) is 10.9 Å². The van der Waals surface area contributed by atoms with Crippen LogP contribution in [0.2, 0.25) is 0 Å². The van der Waals surface area contributed by atoms with Gasteiger partial charge in [0.15, 0.2) is 0 Å². The lowest BCUT2D eigenvalue weighted by molar-refractivity contribution is 0.375. The first kappa shape index (κ1) is 9.88. The van der Waals surface area contributed by atoms with Crippen molar-refractivity contribution in [2.45, 2.75) is 31.7 Å². The van der Waals surface area contributed by atoms with Crippen LogP contribution in [0.3, 0.4) is 0 Å². The molecule has 2 atom stereocenters. The molecule has 0 N–H and O–H groups in total. The van der Waals surface area contributed by atoms with Gasteiger partial charge in [0, 0.05) is 25.2 Å². The highest BCUT2D eigenvalue weighted by Gasteiger charge is 2.29. The summed E-state index contributed by atoms with van der Waals surface area (Å²) >= 11 is 0. The van der Waals surface area contributed by atoms with Crippen molar-refractivity contribution in [2.75, 3.05) is 11.9 Å². The summed E-state index contributed by atoms with van der Waals surface area (Å²) in [5.41, 5.74) is 2.41. The van der Waals surface area contributed by atoms with E-state index in [2.05, 4.69) is 47.4 Å². The van der Waals surface area contributed by atoms with Gasteiger partial charge in [-0.25, -0.2) is 0 Å². The van der Waals surface area contributed by atoms with Gasteiger partial charge in [0.25, 0.3) is 0 Å². The summed E-state index contributed by atoms with van der Waals surface area (Å²) < 4.78 is 0. The molecular formula is C14H18N2. The van der Waals surface area contributed by atoms with Crippen LogP contribution in [-0.4, -0.2) is 19.3 Å². The minimum absolute atomic E-state index is 0.645. The van der Waals surface area contributed by atoms with Crippen LogP contribution >= 0.6 is 0 Å². The van der Waals surface area contributed by atoms with Crippen molar-refractivity contribution in [1.82, 2.24) is 0 Å². The van der Waals surface area contributed by atoms with Crippen molar-refractivity contribution < 1.29 is 0 Å². The minimum atomic E-state index is 0.645. The van der Waals surface area contributed by atoms with E-state index in [9.17, 15) is 0 Å². The molecule has 2 unspecified atom stereocenters. The highest BCUT2D eigenvalue weighted by molar-refractivity contribution is 5.78. The van der Waals surface area contributed by atoms with Crippen molar-refractivity contribution in [3.05, 3.63) is 24.3 Å². The summed E-state index contributed by atoms with van der Waals surface area (Å²) in [6.45, 7) is 0. The maximum absolute atomic E-state index is 4.65. The Morgan fingerprint density at radius 2 is 2.00 bits per heavy atom. The fraction of sp³-hybridized carbons (Fsp3) is 0.500. The van der Waals surface area contributed by atoms with Gasteiger partial charge < -0.3 is 4.90 Å². The summed E-state index contributed by atoms with van der Waals surface area (Å²) in [6, 6.07) is 9.12. The minimum Gasteiger partial charge on any atom is -0.369 e. The fourth-order valence-corrected chi connectivity index (χ4v) is 3.02. The number of rotatable bonds is 0. The lowest BCUT2D eigenvalue weighted by atomic mass is 9.84. The average molecular weight is 214 g/mol. The molecule has 3 rings (SSSR count). The maximum Gasteiger partial charge on any atom is 0.0859 e. The van der Waals surface area contributed by atoms with E-state index < -0.39 is 0 Å². The Balaban J connectivity index is 2.03. The van der Waals surface area contributed by atoms with Gasteiger partial charge in [-0.3, -0.25) is 4.99 Å². The molecule has 1 aliphatic carbocycles. The Labute approximate surface area is 97.0 Å². The molecule has 1 aliphatic heterocycles. The van der Waals surface area contributed by atoms with E-state index in [-0.39, 0.29) is 0 Å². The molecule has 2 nitrogen and oxygen atoms in total. The summed E-state index contributed by atoms with van der Waals surface area (Å²) in [4.78, 5) is 7.09. The molecule has 1 fully saturated rings. The molecule has 84 valence electrons. The second kappa shape index (κ2) is 3.93. The van der Waals surface area contributed by atoms with Crippen molar-refractivity contribution >= 4 is 17.6 Å². The van der Waals surface area contributed by atoms with Gasteiger partial charge in [-0.2, -0.15) is 0 Å². The molecule has 0 spiro atoms. The number of fused-ring (bicyclic) bond motifs is 2. The van der Waals surface area contributed by atoms with Crippen LogP contribution < -0.4 is 4.90 Å². The van der Waals surface area contributed by atoms with E-state index in [1.165, 1.54) is 31.4 Å². The lowest BCUT2D eigenvalue weighted by Crippen LogP contribution is -2.40. The number of para-hydroxylation sites is 2. The van der Waals surface area contributed by atoms with E-state index in [0.29, 0.717) is 12.0 Å². The number of aliphatic imine (C=N–C) groups is 1.